The Bertz CT molecular complexity index is 615. The van der Waals surface area contributed by atoms with Gasteiger partial charge in [-0.3, -0.25) is 4.79 Å². The Morgan fingerprint density at radius 2 is 2.12 bits per heavy atom. The molecule has 6 nitrogen and oxygen atoms in total. The van der Waals surface area contributed by atoms with Crippen molar-refractivity contribution in [2.75, 3.05) is 37.7 Å². The molecule has 2 saturated heterocycles. The monoisotopic (exact) mass is 342 g/mol. The number of nitriles is 1. The zero-order valence-electron chi connectivity index (χ0n) is 14.9. The van der Waals surface area contributed by atoms with Gasteiger partial charge in [-0.05, 0) is 44.7 Å². The molecule has 1 aromatic rings. The maximum Gasteiger partial charge on any atom is 0.225 e. The van der Waals surface area contributed by atoms with Crippen molar-refractivity contribution in [3.63, 3.8) is 0 Å². The third kappa shape index (κ3) is 4.29. The number of carbonyl (C=O) groups excluding carboxylic acids is 1. The minimum Gasteiger partial charge on any atom is -0.377 e. The van der Waals surface area contributed by atoms with Gasteiger partial charge in [0.25, 0.3) is 0 Å². The predicted molar refractivity (Wildman–Crippen MR) is 95.1 cm³/mol. The van der Waals surface area contributed by atoms with E-state index in [0.29, 0.717) is 12.2 Å². The van der Waals surface area contributed by atoms with Crippen molar-refractivity contribution in [3.8, 4) is 6.07 Å². The number of rotatable bonds is 4. The fourth-order valence-electron chi connectivity index (χ4n) is 3.76. The van der Waals surface area contributed by atoms with Crippen molar-refractivity contribution in [2.45, 2.75) is 38.7 Å². The summed E-state index contributed by atoms with van der Waals surface area (Å²) in [6.45, 7) is 5.98. The van der Waals surface area contributed by atoms with E-state index in [4.69, 9.17) is 10.00 Å². The van der Waals surface area contributed by atoms with Crippen LogP contribution < -0.4 is 4.90 Å². The van der Waals surface area contributed by atoms with Crippen LogP contribution >= 0.6 is 0 Å². The van der Waals surface area contributed by atoms with Gasteiger partial charge in [0.1, 0.15) is 11.9 Å². The molecule has 0 radical (unpaired) electrons. The number of likely N-dealkylation sites (tertiary alicyclic amines) is 1. The van der Waals surface area contributed by atoms with Crippen LogP contribution in [0.15, 0.2) is 18.3 Å². The van der Waals surface area contributed by atoms with Crippen molar-refractivity contribution < 1.29 is 9.53 Å². The van der Waals surface area contributed by atoms with Crippen LogP contribution in [0, 0.1) is 17.2 Å². The lowest BCUT2D eigenvalue weighted by Gasteiger charge is -2.38. The number of amides is 1. The predicted octanol–water partition coefficient (Wildman–Crippen LogP) is 2.20. The van der Waals surface area contributed by atoms with Gasteiger partial charge in [0, 0.05) is 44.9 Å². The second-order valence-electron chi connectivity index (χ2n) is 6.78. The summed E-state index contributed by atoms with van der Waals surface area (Å²) in [5.74, 6) is 1.28. The van der Waals surface area contributed by atoms with E-state index < -0.39 is 0 Å². The Balaban J connectivity index is 1.52. The maximum atomic E-state index is 12.8. The van der Waals surface area contributed by atoms with Crippen LogP contribution in [0.1, 0.15) is 38.2 Å². The van der Waals surface area contributed by atoms with Gasteiger partial charge in [0.2, 0.25) is 5.91 Å². The lowest BCUT2D eigenvalue weighted by atomic mass is 9.94. The third-order valence-electron chi connectivity index (χ3n) is 5.14. The second-order valence-corrected chi connectivity index (χ2v) is 6.78. The number of pyridine rings is 1. The molecular formula is C19H26N4O2. The summed E-state index contributed by atoms with van der Waals surface area (Å²) < 4.78 is 5.71. The van der Waals surface area contributed by atoms with Crippen LogP contribution in [-0.4, -0.2) is 54.7 Å². The largest absolute Gasteiger partial charge is 0.377 e. The molecule has 134 valence electrons. The van der Waals surface area contributed by atoms with Gasteiger partial charge >= 0.3 is 0 Å². The van der Waals surface area contributed by atoms with Gasteiger partial charge in [-0.15, -0.1) is 0 Å². The molecule has 0 spiro atoms. The summed E-state index contributed by atoms with van der Waals surface area (Å²) in [6.07, 6.45) is 5.61. The highest BCUT2D eigenvalue weighted by molar-refractivity contribution is 5.79. The first-order valence-corrected chi connectivity index (χ1v) is 9.22. The standard InChI is InChI=1S/C19H26N4O2/c1-2-25-17-4-3-9-23(14-17)19(24)16-7-10-22(11-8-16)18-6-5-15(12-20)13-21-18/h5-6,13,16-17H,2-4,7-11,14H2,1H3/t17-/m1/s1. The van der Waals surface area contributed by atoms with Crippen LogP contribution in [0.2, 0.25) is 0 Å². The maximum absolute atomic E-state index is 12.8. The zero-order valence-corrected chi connectivity index (χ0v) is 14.9. The number of ether oxygens (including phenoxy) is 1. The van der Waals surface area contributed by atoms with Crippen molar-refractivity contribution in [3.05, 3.63) is 23.9 Å². The summed E-state index contributed by atoms with van der Waals surface area (Å²) in [4.78, 5) is 21.4. The van der Waals surface area contributed by atoms with E-state index in [-0.39, 0.29) is 17.9 Å². The van der Waals surface area contributed by atoms with E-state index in [1.54, 1.807) is 12.3 Å². The average Bonchev–Trinajstić information content (AvgIpc) is 2.68. The van der Waals surface area contributed by atoms with E-state index in [9.17, 15) is 4.79 Å². The molecular weight excluding hydrogens is 316 g/mol. The molecule has 0 aromatic carbocycles. The van der Waals surface area contributed by atoms with E-state index in [1.165, 1.54) is 0 Å². The molecule has 3 rings (SSSR count). The first-order valence-electron chi connectivity index (χ1n) is 9.22. The fourth-order valence-corrected chi connectivity index (χ4v) is 3.76. The van der Waals surface area contributed by atoms with Crippen LogP contribution in [0.25, 0.3) is 0 Å². The summed E-state index contributed by atoms with van der Waals surface area (Å²) in [7, 11) is 0. The van der Waals surface area contributed by atoms with Gasteiger partial charge < -0.3 is 14.5 Å². The summed E-state index contributed by atoms with van der Waals surface area (Å²) in [5, 5.41) is 8.86. The van der Waals surface area contributed by atoms with Crippen LogP contribution in [0.5, 0.6) is 0 Å². The van der Waals surface area contributed by atoms with Crippen molar-refractivity contribution in [2.24, 2.45) is 5.92 Å². The topological polar surface area (TPSA) is 69.5 Å². The smallest absolute Gasteiger partial charge is 0.225 e. The Morgan fingerprint density at radius 3 is 2.76 bits per heavy atom. The molecule has 1 atom stereocenters. The quantitative estimate of drug-likeness (QED) is 0.839. The van der Waals surface area contributed by atoms with Gasteiger partial charge in [-0.25, -0.2) is 4.98 Å². The first-order chi connectivity index (χ1) is 12.2. The van der Waals surface area contributed by atoms with E-state index in [1.807, 2.05) is 17.9 Å². The van der Waals surface area contributed by atoms with Crippen molar-refractivity contribution in [1.82, 2.24) is 9.88 Å². The molecule has 1 amide bonds. The second kappa shape index (κ2) is 8.30. The van der Waals surface area contributed by atoms with Crippen LogP contribution in [0.3, 0.4) is 0 Å². The van der Waals surface area contributed by atoms with E-state index >= 15 is 0 Å². The van der Waals surface area contributed by atoms with Crippen molar-refractivity contribution in [1.29, 1.82) is 5.26 Å². The Morgan fingerprint density at radius 1 is 1.32 bits per heavy atom. The molecule has 0 saturated carbocycles. The Kier molecular flexibility index (Phi) is 5.87. The summed E-state index contributed by atoms with van der Waals surface area (Å²) >= 11 is 0. The zero-order chi connectivity index (χ0) is 17.6. The number of hydrogen-bond acceptors (Lipinski definition) is 5. The normalized spacial score (nSPS) is 21.8. The van der Waals surface area contributed by atoms with Gasteiger partial charge in [0.15, 0.2) is 0 Å². The Hall–Kier alpha value is -2.13. The number of carbonyl (C=O) groups is 1. The number of piperidine rings is 2. The number of hydrogen-bond donors (Lipinski definition) is 0. The molecule has 3 heterocycles. The van der Waals surface area contributed by atoms with Crippen LogP contribution in [0.4, 0.5) is 5.82 Å². The molecule has 0 bridgehead atoms. The van der Waals surface area contributed by atoms with Crippen molar-refractivity contribution >= 4 is 11.7 Å². The molecule has 2 fully saturated rings. The minimum atomic E-state index is 0.106. The highest BCUT2D eigenvalue weighted by Crippen LogP contribution is 2.25. The third-order valence-corrected chi connectivity index (χ3v) is 5.14. The molecule has 0 N–H and O–H groups in total. The van der Waals surface area contributed by atoms with Gasteiger partial charge in [-0.2, -0.15) is 5.26 Å². The Labute approximate surface area is 149 Å². The van der Waals surface area contributed by atoms with Gasteiger partial charge in [0.05, 0.1) is 11.7 Å². The molecule has 2 aliphatic rings. The van der Waals surface area contributed by atoms with E-state index in [0.717, 1.165) is 57.7 Å². The minimum absolute atomic E-state index is 0.106. The SMILES string of the molecule is CCO[C@@H]1CCCN(C(=O)C2CCN(c3ccc(C#N)cn3)CC2)C1. The van der Waals surface area contributed by atoms with E-state index in [2.05, 4.69) is 16.0 Å². The fraction of sp³-hybridized carbons (Fsp3) is 0.632. The molecule has 0 aliphatic carbocycles. The highest BCUT2D eigenvalue weighted by atomic mass is 16.5. The average molecular weight is 342 g/mol. The van der Waals surface area contributed by atoms with Gasteiger partial charge in [-0.1, -0.05) is 0 Å². The lowest BCUT2D eigenvalue weighted by Crippen LogP contribution is -2.48. The number of anilines is 1. The number of nitrogens with zero attached hydrogens (tertiary/aromatic N) is 4. The summed E-state index contributed by atoms with van der Waals surface area (Å²) in [5.41, 5.74) is 0.572. The summed E-state index contributed by atoms with van der Waals surface area (Å²) in [6, 6.07) is 5.77. The lowest BCUT2D eigenvalue weighted by molar-refractivity contribution is -0.140. The van der Waals surface area contributed by atoms with Crippen LogP contribution in [-0.2, 0) is 9.53 Å². The molecule has 25 heavy (non-hydrogen) atoms. The highest BCUT2D eigenvalue weighted by Gasteiger charge is 2.31. The molecule has 0 unspecified atom stereocenters. The molecule has 1 aromatic heterocycles. The number of aromatic nitrogens is 1. The molecule has 6 heteroatoms. The first kappa shape index (κ1) is 17.7. The molecule has 2 aliphatic heterocycles.